The fourth-order valence-electron chi connectivity index (χ4n) is 0.440. The fourth-order valence-corrected chi connectivity index (χ4v) is 0.440. The molecule has 0 radical (unpaired) electrons. The van der Waals surface area contributed by atoms with Gasteiger partial charge in [-0.05, 0) is 13.8 Å². The van der Waals surface area contributed by atoms with Gasteiger partial charge in [-0.3, -0.25) is 0 Å². The van der Waals surface area contributed by atoms with Gasteiger partial charge in [0.2, 0.25) is 12.3 Å². The summed E-state index contributed by atoms with van der Waals surface area (Å²) in [7, 11) is 0. The van der Waals surface area contributed by atoms with E-state index in [4.69, 9.17) is 4.42 Å². The van der Waals surface area contributed by atoms with Crippen LogP contribution in [0.5, 0.6) is 0 Å². The van der Waals surface area contributed by atoms with Crippen molar-refractivity contribution in [1.82, 2.24) is 10.2 Å². The highest BCUT2D eigenvalue weighted by atomic mass is 16.4. The van der Waals surface area contributed by atoms with Gasteiger partial charge in [0.05, 0.1) is 0 Å². The molecule has 0 aliphatic heterocycles. The minimum atomic E-state index is -1.02. The second-order valence-electron chi connectivity index (χ2n) is 2.30. The maximum Gasteiger partial charge on any atom is 0.247 e. The van der Waals surface area contributed by atoms with Crippen LogP contribution in [0.25, 0.3) is 0 Å². The number of rotatable bonds is 1. The third-order valence-electron chi connectivity index (χ3n) is 0.883. The Bertz CT molecular complexity index is 175. The van der Waals surface area contributed by atoms with Crippen molar-refractivity contribution >= 4 is 0 Å². The molecule has 0 saturated carbocycles. The Morgan fingerprint density at radius 2 is 2.33 bits per heavy atom. The van der Waals surface area contributed by atoms with Gasteiger partial charge in [0, 0.05) is 0 Å². The highest BCUT2D eigenvalue weighted by molar-refractivity contribution is 4.87. The summed E-state index contributed by atoms with van der Waals surface area (Å²) in [6.07, 6.45) is 1.19. The Kier molecular flexibility index (Phi) is 1.25. The zero-order valence-electron chi connectivity index (χ0n) is 5.33. The summed E-state index contributed by atoms with van der Waals surface area (Å²) in [6, 6.07) is 0. The molecule has 1 heterocycles. The number of hydrogen-bond donors (Lipinski definition) is 1. The third-order valence-corrected chi connectivity index (χ3v) is 0.883. The minimum Gasteiger partial charge on any atom is -0.425 e. The first-order valence-corrected chi connectivity index (χ1v) is 2.60. The Balaban J connectivity index is 2.90. The van der Waals surface area contributed by atoms with Crippen molar-refractivity contribution in [3.63, 3.8) is 0 Å². The van der Waals surface area contributed by atoms with Crippen LogP contribution in [0.1, 0.15) is 19.7 Å². The topological polar surface area (TPSA) is 59.2 Å². The first-order chi connectivity index (χ1) is 4.11. The van der Waals surface area contributed by atoms with Crippen molar-refractivity contribution in [2.45, 2.75) is 19.4 Å². The van der Waals surface area contributed by atoms with Gasteiger partial charge in [-0.1, -0.05) is 0 Å². The molecular formula is C5H8N2O2. The van der Waals surface area contributed by atoms with E-state index < -0.39 is 5.60 Å². The molecule has 0 bridgehead atoms. The van der Waals surface area contributed by atoms with E-state index in [0.29, 0.717) is 0 Å². The van der Waals surface area contributed by atoms with Crippen LogP contribution in [0.4, 0.5) is 0 Å². The zero-order valence-corrected chi connectivity index (χ0v) is 5.33. The van der Waals surface area contributed by atoms with Crippen molar-refractivity contribution in [1.29, 1.82) is 0 Å². The lowest BCUT2D eigenvalue weighted by Gasteiger charge is -2.09. The van der Waals surface area contributed by atoms with Crippen LogP contribution in [-0.2, 0) is 5.60 Å². The first-order valence-electron chi connectivity index (χ1n) is 2.60. The molecule has 4 heteroatoms. The van der Waals surface area contributed by atoms with Crippen LogP contribution < -0.4 is 0 Å². The maximum atomic E-state index is 9.18. The molecule has 0 unspecified atom stereocenters. The van der Waals surface area contributed by atoms with Gasteiger partial charge in [0.15, 0.2) is 0 Å². The van der Waals surface area contributed by atoms with E-state index in [1.165, 1.54) is 6.39 Å². The SMILES string of the molecule is CC(C)(O)c1nnco1. The van der Waals surface area contributed by atoms with E-state index in [1.54, 1.807) is 13.8 Å². The summed E-state index contributed by atoms with van der Waals surface area (Å²) in [5.41, 5.74) is -1.02. The molecule has 0 aliphatic carbocycles. The molecule has 0 amide bonds. The molecule has 0 atom stereocenters. The monoisotopic (exact) mass is 128 g/mol. The summed E-state index contributed by atoms with van der Waals surface area (Å²) in [4.78, 5) is 0. The Labute approximate surface area is 52.5 Å². The molecule has 0 spiro atoms. The van der Waals surface area contributed by atoms with Gasteiger partial charge in [0.25, 0.3) is 0 Å². The molecule has 1 N–H and O–H groups in total. The standard InChI is InChI=1S/C5H8N2O2/c1-5(2,8)4-7-6-3-9-4/h3,8H,1-2H3. The summed E-state index contributed by atoms with van der Waals surface area (Å²) in [5.74, 6) is 0.238. The minimum absolute atomic E-state index is 0.238. The van der Waals surface area contributed by atoms with E-state index in [0.717, 1.165) is 0 Å². The van der Waals surface area contributed by atoms with Crippen molar-refractivity contribution in [3.8, 4) is 0 Å². The van der Waals surface area contributed by atoms with E-state index in [1.807, 2.05) is 0 Å². The number of hydrogen-bond acceptors (Lipinski definition) is 4. The second kappa shape index (κ2) is 1.80. The quantitative estimate of drug-likeness (QED) is 0.590. The molecule has 1 aromatic heterocycles. The normalized spacial score (nSPS) is 11.9. The second-order valence-corrected chi connectivity index (χ2v) is 2.30. The molecule has 50 valence electrons. The number of aliphatic hydroxyl groups is 1. The lowest BCUT2D eigenvalue weighted by atomic mass is 10.1. The molecule has 9 heavy (non-hydrogen) atoms. The largest absolute Gasteiger partial charge is 0.425 e. The molecule has 0 fully saturated rings. The van der Waals surface area contributed by atoms with Crippen LogP contribution in [0, 0.1) is 0 Å². The van der Waals surface area contributed by atoms with Gasteiger partial charge in [-0.25, -0.2) is 0 Å². The van der Waals surface area contributed by atoms with Gasteiger partial charge in [-0.15, -0.1) is 10.2 Å². The summed E-state index contributed by atoms with van der Waals surface area (Å²) in [5, 5.41) is 16.1. The number of nitrogens with zero attached hydrogens (tertiary/aromatic N) is 2. The summed E-state index contributed by atoms with van der Waals surface area (Å²) < 4.78 is 4.73. The highest BCUT2D eigenvalue weighted by Crippen LogP contribution is 2.14. The van der Waals surface area contributed by atoms with E-state index in [9.17, 15) is 5.11 Å². The van der Waals surface area contributed by atoms with Crippen molar-refractivity contribution < 1.29 is 9.52 Å². The van der Waals surface area contributed by atoms with Gasteiger partial charge < -0.3 is 9.52 Å². The van der Waals surface area contributed by atoms with Gasteiger partial charge in [0.1, 0.15) is 5.60 Å². The Hall–Kier alpha value is -0.900. The van der Waals surface area contributed by atoms with E-state index >= 15 is 0 Å². The van der Waals surface area contributed by atoms with Crippen LogP contribution in [0.2, 0.25) is 0 Å². The predicted octanol–water partition coefficient (Wildman–Crippen LogP) is 0.297. The first kappa shape index (κ1) is 6.22. The maximum absolute atomic E-state index is 9.18. The van der Waals surface area contributed by atoms with Gasteiger partial charge in [-0.2, -0.15) is 0 Å². The van der Waals surface area contributed by atoms with Crippen molar-refractivity contribution in [2.75, 3.05) is 0 Å². The summed E-state index contributed by atoms with van der Waals surface area (Å²) in [6.45, 7) is 3.17. The average Bonchev–Trinajstić information content (AvgIpc) is 2.08. The molecule has 1 rings (SSSR count). The lowest BCUT2D eigenvalue weighted by molar-refractivity contribution is 0.0482. The van der Waals surface area contributed by atoms with Crippen molar-refractivity contribution in [2.24, 2.45) is 0 Å². The van der Waals surface area contributed by atoms with Crippen LogP contribution in [0.3, 0.4) is 0 Å². The molecular weight excluding hydrogens is 120 g/mol. The molecule has 0 aromatic carbocycles. The molecule has 4 nitrogen and oxygen atoms in total. The van der Waals surface area contributed by atoms with E-state index in [2.05, 4.69) is 10.2 Å². The molecule has 0 saturated heterocycles. The smallest absolute Gasteiger partial charge is 0.247 e. The van der Waals surface area contributed by atoms with Crippen LogP contribution in [-0.4, -0.2) is 15.3 Å². The Morgan fingerprint density at radius 3 is 2.56 bits per heavy atom. The zero-order chi connectivity index (χ0) is 6.91. The van der Waals surface area contributed by atoms with Crippen LogP contribution >= 0.6 is 0 Å². The number of aromatic nitrogens is 2. The fraction of sp³-hybridized carbons (Fsp3) is 0.600. The molecule has 0 aliphatic rings. The van der Waals surface area contributed by atoms with Crippen molar-refractivity contribution in [3.05, 3.63) is 12.3 Å². The predicted molar refractivity (Wildman–Crippen MR) is 29.5 cm³/mol. The highest BCUT2D eigenvalue weighted by Gasteiger charge is 2.21. The average molecular weight is 128 g/mol. The van der Waals surface area contributed by atoms with Crippen LogP contribution in [0.15, 0.2) is 10.8 Å². The van der Waals surface area contributed by atoms with E-state index in [-0.39, 0.29) is 5.89 Å². The third kappa shape index (κ3) is 1.26. The Morgan fingerprint density at radius 1 is 1.67 bits per heavy atom. The summed E-state index contributed by atoms with van der Waals surface area (Å²) >= 11 is 0. The molecule has 1 aromatic rings. The van der Waals surface area contributed by atoms with Gasteiger partial charge >= 0.3 is 0 Å². The lowest BCUT2D eigenvalue weighted by Crippen LogP contribution is -2.15.